The summed E-state index contributed by atoms with van der Waals surface area (Å²) in [6, 6.07) is 0. The first-order valence-electron chi connectivity index (χ1n) is 5.50. The van der Waals surface area contributed by atoms with E-state index in [1.165, 1.54) is 7.05 Å². The highest BCUT2D eigenvalue weighted by atomic mass is 19.4. The first-order valence-corrected chi connectivity index (χ1v) is 5.50. The van der Waals surface area contributed by atoms with Gasteiger partial charge in [0.05, 0.1) is 11.8 Å². The zero-order valence-electron chi connectivity index (χ0n) is 10.7. The molecule has 1 rings (SSSR count). The molecule has 1 aliphatic carbocycles. The Hall–Kier alpha value is -1.66. The van der Waals surface area contributed by atoms with Gasteiger partial charge in [0.2, 0.25) is 0 Å². The van der Waals surface area contributed by atoms with Crippen molar-refractivity contribution in [3.8, 4) is 0 Å². The second kappa shape index (κ2) is 6.49. The number of halogens is 3. The molecule has 1 saturated carbocycles. The number of alkyl halides is 3. The molecule has 4 nitrogen and oxygen atoms in total. The first-order chi connectivity index (χ1) is 8.78. The summed E-state index contributed by atoms with van der Waals surface area (Å²) in [5.74, 6) is -2.68. The minimum Gasteiger partial charge on any atom is -0.481 e. The van der Waals surface area contributed by atoms with Crippen LogP contribution in [0.4, 0.5) is 13.2 Å². The highest BCUT2D eigenvalue weighted by Crippen LogP contribution is 2.63. The van der Waals surface area contributed by atoms with E-state index in [0.29, 0.717) is 0 Å². The molecule has 0 saturated heterocycles. The molecule has 19 heavy (non-hydrogen) atoms. The number of rotatable bonds is 4. The topological polar surface area (TPSA) is 62.0 Å². The quantitative estimate of drug-likeness (QED) is 0.488. The van der Waals surface area contributed by atoms with E-state index in [1.54, 1.807) is 0 Å². The van der Waals surface area contributed by atoms with E-state index in [4.69, 9.17) is 5.11 Å². The minimum atomic E-state index is -4.44. The number of carboxylic acids is 1. The van der Waals surface area contributed by atoms with Crippen LogP contribution >= 0.6 is 0 Å². The Bertz CT molecular complexity index is 374. The van der Waals surface area contributed by atoms with Crippen molar-refractivity contribution in [2.24, 2.45) is 21.3 Å². The molecular weight excluding hydrogens is 261 g/mol. The number of carboxylic acid groups (broad SMARTS) is 1. The molecule has 7 heteroatoms. The molecule has 1 unspecified atom stereocenters. The van der Waals surface area contributed by atoms with Crippen molar-refractivity contribution in [1.29, 1.82) is 0 Å². The number of aliphatic carboxylic acids is 1. The lowest BCUT2D eigenvalue weighted by Gasteiger charge is -2.27. The molecule has 0 bridgehead atoms. The fraction of sp³-hybridized carbons (Fsp3) is 0.583. The predicted molar refractivity (Wildman–Crippen MR) is 67.6 cm³/mol. The second-order valence-corrected chi connectivity index (χ2v) is 4.04. The zero-order chi connectivity index (χ0) is 15.3. The largest absolute Gasteiger partial charge is 0.481 e. The van der Waals surface area contributed by atoms with Crippen LogP contribution in [0.3, 0.4) is 0 Å². The monoisotopic (exact) mass is 278 g/mol. The third kappa shape index (κ3) is 3.65. The molecule has 1 N–H and O–H groups in total. The van der Waals surface area contributed by atoms with Gasteiger partial charge in [0.1, 0.15) is 5.84 Å². The smallest absolute Gasteiger partial charge is 0.395 e. The predicted octanol–water partition coefficient (Wildman–Crippen LogP) is 2.95. The van der Waals surface area contributed by atoms with Gasteiger partial charge in [0.15, 0.2) is 0 Å². The van der Waals surface area contributed by atoms with Gasteiger partial charge in [-0.25, -0.2) is 4.99 Å². The van der Waals surface area contributed by atoms with Crippen molar-refractivity contribution >= 4 is 18.5 Å². The highest BCUT2D eigenvalue weighted by Gasteiger charge is 2.68. The Morgan fingerprint density at radius 2 is 1.89 bits per heavy atom. The fourth-order valence-corrected chi connectivity index (χ4v) is 2.01. The highest BCUT2D eigenvalue weighted by molar-refractivity contribution is 5.91. The van der Waals surface area contributed by atoms with Gasteiger partial charge in [-0.3, -0.25) is 9.79 Å². The third-order valence-corrected chi connectivity index (χ3v) is 3.10. The summed E-state index contributed by atoms with van der Waals surface area (Å²) in [4.78, 5) is 17.7. The molecular formula is C12H17F3N2O2. The molecule has 0 aromatic heterocycles. The molecule has 1 aliphatic rings. The molecule has 108 valence electrons. The Labute approximate surface area is 109 Å². The Balaban J connectivity index is 0.00000154. The third-order valence-electron chi connectivity index (χ3n) is 3.10. The number of nitrogens with zero attached hydrogens (tertiary/aromatic N) is 2. The summed E-state index contributed by atoms with van der Waals surface area (Å²) >= 11 is 0. The maximum absolute atomic E-state index is 12.9. The van der Waals surface area contributed by atoms with Crippen molar-refractivity contribution in [3.63, 3.8) is 0 Å². The van der Waals surface area contributed by atoms with Gasteiger partial charge in [-0.05, 0) is 19.6 Å². The SMILES string of the molecule is C=C.C=NC(=NC)C(CC(=O)O)C1(C(F)(F)F)CC1. The summed E-state index contributed by atoms with van der Waals surface area (Å²) in [6.07, 6.45) is -5.23. The van der Waals surface area contributed by atoms with Crippen LogP contribution in [-0.2, 0) is 4.79 Å². The Morgan fingerprint density at radius 3 is 2.11 bits per heavy atom. The molecule has 0 aromatic rings. The fourth-order valence-electron chi connectivity index (χ4n) is 2.01. The van der Waals surface area contributed by atoms with Gasteiger partial charge < -0.3 is 5.11 Å². The van der Waals surface area contributed by atoms with E-state index < -0.39 is 29.9 Å². The molecule has 1 atom stereocenters. The molecule has 0 radical (unpaired) electrons. The van der Waals surface area contributed by atoms with Crippen LogP contribution < -0.4 is 0 Å². The number of hydrogen-bond acceptors (Lipinski definition) is 2. The number of aliphatic imine (C=N–C) groups is 2. The number of carbonyl (C=O) groups is 1. The lowest BCUT2D eigenvalue weighted by molar-refractivity contribution is -0.197. The van der Waals surface area contributed by atoms with Crippen LogP contribution in [0.2, 0.25) is 0 Å². The van der Waals surface area contributed by atoms with Crippen LogP contribution in [0.1, 0.15) is 19.3 Å². The molecule has 0 amide bonds. The standard InChI is InChI=1S/C10H13F3N2O2.C2H4/c1-14-8(15-2)6(5-7(16)17)9(3-4-9)10(11,12)13;1-2/h6H,1,3-5H2,2H3,(H,16,17);1-2H2. The van der Waals surface area contributed by atoms with E-state index in [-0.39, 0.29) is 18.7 Å². The van der Waals surface area contributed by atoms with E-state index in [0.717, 1.165) is 0 Å². The first kappa shape index (κ1) is 17.3. The van der Waals surface area contributed by atoms with Crippen LogP contribution in [0.25, 0.3) is 0 Å². The van der Waals surface area contributed by atoms with E-state index >= 15 is 0 Å². The van der Waals surface area contributed by atoms with Crippen molar-refractivity contribution < 1.29 is 23.1 Å². The summed E-state index contributed by atoms with van der Waals surface area (Å²) in [6.45, 7) is 9.14. The molecule has 0 spiro atoms. The Kier molecular flexibility index (Phi) is 5.92. The van der Waals surface area contributed by atoms with Gasteiger partial charge in [-0.1, -0.05) is 0 Å². The van der Waals surface area contributed by atoms with Gasteiger partial charge in [0.25, 0.3) is 0 Å². The van der Waals surface area contributed by atoms with Crippen LogP contribution in [0, 0.1) is 11.3 Å². The van der Waals surface area contributed by atoms with Gasteiger partial charge in [0, 0.05) is 13.0 Å². The molecule has 1 fully saturated rings. The number of amidine groups is 1. The second-order valence-electron chi connectivity index (χ2n) is 4.04. The minimum absolute atomic E-state index is 0.0804. The van der Waals surface area contributed by atoms with Gasteiger partial charge in [-0.15, -0.1) is 13.2 Å². The van der Waals surface area contributed by atoms with Crippen LogP contribution in [0.15, 0.2) is 23.1 Å². The summed E-state index contributed by atoms with van der Waals surface area (Å²) in [7, 11) is 1.28. The Morgan fingerprint density at radius 1 is 1.42 bits per heavy atom. The van der Waals surface area contributed by atoms with Crippen LogP contribution in [0.5, 0.6) is 0 Å². The average molecular weight is 278 g/mol. The van der Waals surface area contributed by atoms with Crippen molar-refractivity contribution in [1.82, 2.24) is 0 Å². The molecule has 0 heterocycles. The number of hydrogen-bond donors (Lipinski definition) is 1. The van der Waals surface area contributed by atoms with E-state index in [2.05, 4.69) is 29.9 Å². The summed E-state index contributed by atoms with van der Waals surface area (Å²) in [5, 5.41) is 8.70. The molecule has 0 aromatic carbocycles. The van der Waals surface area contributed by atoms with Gasteiger partial charge in [-0.2, -0.15) is 13.2 Å². The van der Waals surface area contributed by atoms with Gasteiger partial charge >= 0.3 is 12.1 Å². The van der Waals surface area contributed by atoms with Crippen molar-refractivity contribution in [3.05, 3.63) is 13.2 Å². The lowest BCUT2D eigenvalue weighted by atomic mass is 9.84. The lowest BCUT2D eigenvalue weighted by Crippen LogP contribution is -2.37. The van der Waals surface area contributed by atoms with E-state index in [9.17, 15) is 18.0 Å². The normalized spacial score (nSPS) is 18.8. The maximum Gasteiger partial charge on any atom is 0.395 e. The van der Waals surface area contributed by atoms with Crippen molar-refractivity contribution in [2.75, 3.05) is 7.05 Å². The molecule has 0 aliphatic heterocycles. The van der Waals surface area contributed by atoms with E-state index in [1.807, 2.05) is 0 Å². The maximum atomic E-state index is 12.9. The summed E-state index contributed by atoms with van der Waals surface area (Å²) in [5.41, 5.74) is -1.98. The zero-order valence-corrected chi connectivity index (χ0v) is 10.7. The van der Waals surface area contributed by atoms with Crippen LogP contribution in [-0.4, -0.2) is 36.9 Å². The summed E-state index contributed by atoms with van der Waals surface area (Å²) < 4.78 is 38.8. The average Bonchev–Trinajstić information content (AvgIpc) is 3.12. The van der Waals surface area contributed by atoms with Crippen molar-refractivity contribution in [2.45, 2.75) is 25.4 Å².